The molecule has 0 bridgehead atoms. The van der Waals surface area contributed by atoms with Crippen LogP contribution >= 0.6 is 0 Å². The minimum Gasteiger partial charge on any atom is -0.379 e. The lowest BCUT2D eigenvalue weighted by Crippen LogP contribution is -2.49. The average Bonchev–Trinajstić information content (AvgIpc) is 3.46. The molecule has 1 unspecified atom stereocenters. The predicted molar refractivity (Wildman–Crippen MR) is 103 cm³/mol. The molecule has 0 spiro atoms. The number of hydrogen-bond donors (Lipinski definition) is 2. The molecule has 5 nitrogen and oxygen atoms in total. The van der Waals surface area contributed by atoms with Gasteiger partial charge in [-0.1, -0.05) is 12.1 Å². The molecule has 0 aromatic heterocycles. The van der Waals surface area contributed by atoms with Crippen LogP contribution in [0.4, 0.5) is 4.39 Å². The Morgan fingerprint density at radius 1 is 1.31 bits per heavy atom. The lowest BCUT2D eigenvalue weighted by atomic mass is 9.96. The summed E-state index contributed by atoms with van der Waals surface area (Å²) in [7, 11) is 0. The Morgan fingerprint density at radius 2 is 2.08 bits per heavy atom. The topological polar surface area (TPSA) is 48.9 Å². The highest BCUT2D eigenvalue weighted by atomic mass is 19.1. The summed E-state index contributed by atoms with van der Waals surface area (Å²) in [6.07, 6.45) is 2.15. The van der Waals surface area contributed by atoms with Crippen LogP contribution in [0, 0.1) is 5.82 Å². The second kappa shape index (κ2) is 8.82. The molecule has 0 radical (unpaired) electrons. The fraction of sp³-hybridized carbons (Fsp3) is 0.650. The molecule has 0 amide bonds. The normalized spacial score (nSPS) is 21.3. The van der Waals surface area contributed by atoms with Crippen molar-refractivity contribution in [3.05, 3.63) is 35.6 Å². The smallest absolute Gasteiger partial charge is 0.191 e. The standard InChI is InChI=1S/C20H31FN4O/c1-3-22-19(23-14-16(2)25-9-11-26-12-10-25)24-15-20(7-8-20)17-5-4-6-18(21)13-17/h4-6,13,16H,3,7-12,14-15H2,1-2H3,(H2,22,23,24). The highest BCUT2D eigenvalue weighted by Crippen LogP contribution is 2.48. The summed E-state index contributed by atoms with van der Waals surface area (Å²) >= 11 is 0. The number of rotatable bonds is 7. The molecule has 1 atom stereocenters. The summed E-state index contributed by atoms with van der Waals surface area (Å²) in [4.78, 5) is 7.24. The van der Waals surface area contributed by atoms with E-state index in [-0.39, 0.29) is 11.2 Å². The number of aliphatic imine (C=N–C) groups is 1. The number of benzene rings is 1. The second-order valence-electron chi connectivity index (χ2n) is 7.36. The molecule has 26 heavy (non-hydrogen) atoms. The molecule has 1 saturated carbocycles. The number of morpholine rings is 1. The molecular formula is C20H31FN4O. The number of ether oxygens (including phenoxy) is 1. The zero-order valence-corrected chi connectivity index (χ0v) is 15.9. The van der Waals surface area contributed by atoms with Crippen LogP contribution in [0.3, 0.4) is 0 Å². The van der Waals surface area contributed by atoms with Crippen LogP contribution in [0.2, 0.25) is 0 Å². The van der Waals surface area contributed by atoms with E-state index in [1.807, 2.05) is 6.07 Å². The summed E-state index contributed by atoms with van der Waals surface area (Å²) < 4.78 is 19.0. The lowest BCUT2D eigenvalue weighted by Gasteiger charge is -2.32. The van der Waals surface area contributed by atoms with E-state index in [1.54, 1.807) is 12.1 Å². The molecule has 144 valence electrons. The molecule has 1 aromatic carbocycles. The third-order valence-electron chi connectivity index (χ3n) is 5.41. The third-order valence-corrected chi connectivity index (χ3v) is 5.41. The first kappa shape index (κ1) is 19.1. The van der Waals surface area contributed by atoms with Gasteiger partial charge in [0.15, 0.2) is 5.96 Å². The van der Waals surface area contributed by atoms with Crippen LogP contribution in [-0.2, 0) is 10.2 Å². The predicted octanol–water partition coefficient (Wildman–Crippen LogP) is 2.13. The molecule has 1 heterocycles. The van der Waals surface area contributed by atoms with Gasteiger partial charge in [-0.3, -0.25) is 9.89 Å². The van der Waals surface area contributed by atoms with Gasteiger partial charge >= 0.3 is 0 Å². The maximum Gasteiger partial charge on any atom is 0.191 e. The summed E-state index contributed by atoms with van der Waals surface area (Å²) in [6.45, 7) is 10.3. The number of halogens is 1. The largest absolute Gasteiger partial charge is 0.379 e. The van der Waals surface area contributed by atoms with Gasteiger partial charge in [-0.25, -0.2) is 4.39 Å². The van der Waals surface area contributed by atoms with Crippen LogP contribution in [-0.4, -0.2) is 62.8 Å². The maximum absolute atomic E-state index is 13.6. The van der Waals surface area contributed by atoms with Crippen molar-refractivity contribution in [2.24, 2.45) is 4.99 Å². The second-order valence-corrected chi connectivity index (χ2v) is 7.36. The third kappa shape index (κ3) is 4.95. The lowest BCUT2D eigenvalue weighted by molar-refractivity contribution is 0.0211. The van der Waals surface area contributed by atoms with Gasteiger partial charge in [-0.2, -0.15) is 0 Å². The van der Waals surface area contributed by atoms with E-state index in [0.29, 0.717) is 12.6 Å². The summed E-state index contributed by atoms with van der Waals surface area (Å²) in [5, 5.41) is 6.79. The SMILES string of the molecule is CCNC(=NCC1(c2cccc(F)c2)CC1)NCC(C)N1CCOCC1. The first-order chi connectivity index (χ1) is 12.6. The van der Waals surface area contributed by atoms with Crippen LogP contribution in [0.5, 0.6) is 0 Å². The van der Waals surface area contributed by atoms with Gasteiger partial charge in [0.25, 0.3) is 0 Å². The van der Waals surface area contributed by atoms with Crippen molar-refractivity contribution in [2.75, 3.05) is 45.9 Å². The Morgan fingerprint density at radius 3 is 2.73 bits per heavy atom. The molecule has 3 rings (SSSR count). The molecule has 6 heteroatoms. The number of nitrogens with zero attached hydrogens (tertiary/aromatic N) is 2. The van der Waals surface area contributed by atoms with E-state index in [1.165, 1.54) is 6.07 Å². The molecule has 1 aliphatic heterocycles. The Labute approximate surface area is 156 Å². The minimum absolute atomic E-state index is 0.0142. The van der Waals surface area contributed by atoms with Crippen LogP contribution in [0.25, 0.3) is 0 Å². The van der Waals surface area contributed by atoms with Gasteiger partial charge in [0.05, 0.1) is 19.8 Å². The van der Waals surface area contributed by atoms with Gasteiger partial charge < -0.3 is 15.4 Å². The highest BCUT2D eigenvalue weighted by Gasteiger charge is 2.44. The van der Waals surface area contributed by atoms with Crippen molar-refractivity contribution >= 4 is 5.96 Å². The molecule has 1 aliphatic carbocycles. The van der Waals surface area contributed by atoms with Crippen molar-refractivity contribution in [3.8, 4) is 0 Å². The van der Waals surface area contributed by atoms with Crippen molar-refractivity contribution in [2.45, 2.75) is 38.1 Å². The Hall–Kier alpha value is -1.66. The molecule has 1 aromatic rings. The van der Waals surface area contributed by atoms with Crippen molar-refractivity contribution in [1.82, 2.24) is 15.5 Å². The van der Waals surface area contributed by atoms with E-state index in [2.05, 4.69) is 29.4 Å². The van der Waals surface area contributed by atoms with Gasteiger partial charge in [0.2, 0.25) is 0 Å². The van der Waals surface area contributed by atoms with Crippen LogP contribution in [0.1, 0.15) is 32.3 Å². The first-order valence-electron chi connectivity index (χ1n) is 9.73. The maximum atomic E-state index is 13.6. The first-order valence-corrected chi connectivity index (χ1v) is 9.73. The number of guanidine groups is 1. The average molecular weight is 362 g/mol. The fourth-order valence-corrected chi connectivity index (χ4v) is 3.47. The molecular weight excluding hydrogens is 331 g/mol. The van der Waals surface area contributed by atoms with Crippen molar-refractivity contribution in [1.29, 1.82) is 0 Å². The monoisotopic (exact) mass is 362 g/mol. The van der Waals surface area contributed by atoms with E-state index in [4.69, 9.17) is 9.73 Å². The number of hydrogen-bond acceptors (Lipinski definition) is 3. The quantitative estimate of drug-likeness (QED) is 0.576. The van der Waals surface area contributed by atoms with Crippen molar-refractivity contribution in [3.63, 3.8) is 0 Å². The van der Waals surface area contributed by atoms with Crippen LogP contribution < -0.4 is 10.6 Å². The van der Waals surface area contributed by atoms with E-state index in [0.717, 1.165) is 63.8 Å². The summed E-state index contributed by atoms with van der Waals surface area (Å²) in [6, 6.07) is 7.40. The molecule has 2 fully saturated rings. The summed E-state index contributed by atoms with van der Waals surface area (Å²) in [5.41, 5.74) is 1.08. The van der Waals surface area contributed by atoms with E-state index >= 15 is 0 Å². The fourth-order valence-electron chi connectivity index (χ4n) is 3.47. The molecule has 2 aliphatic rings. The van der Waals surface area contributed by atoms with Gasteiger partial charge in [0.1, 0.15) is 5.82 Å². The molecule has 1 saturated heterocycles. The Kier molecular flexibility index (Phi) is 6.48. The minimum atomic E-state index is -0.165. The van der Waals surface area contributed by atoms with Gasteiger partial charge in [-0.15, -0.1) is 0 Å². The van der Waals surface area contributed by atoms with Gasteiger partial charge in [-0.05, 0) is 44.4 Å². The number of nitrogens with one attached hydrogen (secondary N) is 2. The molecule has 2 N–H and O–H groups in total. The van der Waals surface area contributed by atoms with Crippen LogP contribution in [0.15, 0.2) is 29.3 Å². The zero-order chi connectivity index (χ0) is 18.4. The highest BCUT2D eigenvalue weighted by molar-refractivity contribution is 5.79. The van der Waals surface area contributed by atoms with Gasteiger partial charge in [0, 0.05) is 37.6 Å². The van der Waals surface area contributed by atoms with E-state index < -0.39 is 0 Å². The Balaban J connectivity index is 1.57. The van der Waals surface area contributed by atoms with Crippen molar-refractivity contribution < 1.29 is 9.13 Å². The summed E-state index contributed by atoms with van der Waals surface area (Å²) in [5.74, 6) is 0.678. The zero-order valence-electron chi connectivity index (χ0n) is 15.9. The Bertz CT molecular complexity index is 612. The van der Waals surface area contributed by atoms with E-state index in [9.17, 15) is 4.39 Å².